The fourth-order valence-corrected chi connectivity index (χ4v) is 2.42. The van der Waals surface area contributed by atoms with Crippen LogP contribution in [0, 0.1) is 0 Å². The quantitative estimate of drug-likeness (QED) is 0.758. The highest BCUT2D eigenvalue weighted by atomic mass is 35.5. The summed E-state index contributed by atoms with van der Waals surface area (Å²) in [6.07, 6.45) is 2.20. The van der Waals surface area contributed by atoms with Crippen LogP contribution in [0.15, 0.2) is 54.6 Å². The number of ether oxygens (including phenoxy) is 1. The van der Waals surface area contributed by atoms with Crippen LogP contribution in [0.3, 0.4) is 0 Å². The largest absolute Gasteiger partial charge is 0.489 e. The molecule has 0 spiro atoms. The highest BCUT2D eigenvalue weighted by molar-refractivity contribution is 5.85. The van der Waals surface area contributed by atoms with Gasteiger partial charge in [-0.05, 0) is 18.1 Å². The van der Waals surface area contributed by atoms with Gasteiger partial charge in [0.1, 0.15) is 12.4 Å². The van der Waals surface area contributed by atoms with Crippen LogP contribution in [0.1, 0.15) is 43.4 Å². The normalized spacial score (nSPS) is 13.0. The van der Waals surface area contributed by atoms with Crippen molar-refractivity contribution in [2.75, 3.05) is 0 Å². The van der Waals surface area contributed by atoms with Crippen molar-refractivity contribution in [3.05, 3.63) is 65.7 Å². The Balaban J connectivity index is 0.00000264. The summed E-state index contributed by atoms with van der Waals surface area (Å²) in [5.41, 5.74) is 8.19. The van der Waals surface area contributed by atoms with E-state index in [0.717, 1.165) is 29.7 Å². The molecule has 2 atom stereocenters. The van der Waals surface area contributed by atoms with Crippen LogP contribution in [-0.4, -0.2) is 11.2 Å². The van der Waals surface area contributed by atoms with Crippen molar-refractivity contribution in [2.24, 2.45) is 5.73 Å². The molecule has 0 unspecified atom stereocenters. The monoisotopic (exact) mass is 335 g/mol. The smallest absolute Gasteiger partial charge is 0.124 e. The second-order valence-corrected chi connectivity index (χ2v) is 5.55. The van der Waals surface area contributed by atoms with E-state index < -0.39 is 12.1 Å². The van der Waals surface area contributed by atoms with E-state index in [1.165, 1.54) is 0 Å². The molecule has 0 aliphatic heterocycles. The molecule has 2 rings (SSSR count). The Kier molecular flexibility index (Phi) is 8.70. The average molecular weight is 336 g/mol. The Morgan fingerprint density at radius 3 is 2.39 bits per heavy atom. The summed E-state index contributed by atoms with van der Waals surface area (Å²) in [4.78, 5) is 0. The van der Waals surface area contributed by atoms with Gasteiger partial charge in [-0.3, -0.25) is 0 Å². The van der Waals surface area contributed by atoms with Crippen LogP contribution in [0.4, 0.5) is 0 Å². The van der Waals surface area contributed by atoms with E-state index in [4.69, 9.17) is 10.5 Å². The summed E-state index contributed by atoms with van der Waals surface area (Å²) in [6, 6.07) is 17.3. The zero-order valence-electron chi connectivity index (χ0n) is 13.5. The maximum atomic E-state index is 10.2. The molecule has 23 heavy (non-hydrogen) atoms. The summed E-state index contributed by atoms with van der Waals surface area (Å²) >= 11 is 0. The van der Waals surface area contributed by atoms with Gasteiger partial charge < -0.3 is 15.6 Å². The molecule has 0 saturated heterocycles. The molecule has 3 nitrogen and oxygen atoms in total. The molecule has 0 saturated carbocycles. The van der Waals surface area contributed by atoms with E-state index in [0.29, 0.717) is 13.0 Å². The van der Waals surface area contributed by atoms with Crippen LogP contribution in [0.25, 0.3) is 0 Å². The van der Waals surface area contributed by atoms with E-state index in [-0.39, 0.29) is 12.4 Å². The Bertz CT molecular complexity index is 562. The lowest BCUT2D eigenvalue weighted by atomic mass is 9.97. The summed E-state index contributed by atoms with van der Waals surface area (Å²) in [7, 11) is 0. The number of rotatable bonds is 8. The first-order chi connectivity index (χ1) is 10.7. The number of aliphatic hydroxyl groups is 1. The van der Waals surface area contributed by atoms with Crippen molar-refractivity contribution in [1.82, 2.24) is 0 Å². The lowest BCUT2D eigenvalue weighted by Gasteiger charge is -2.21. The molecule has 3 N–H and O–H groups in total. The van der Waals surface area contributed by atoms with Crippen LogP contribution in [0.5, 0.6) is 5.75 Å². The second kappa shape index (κ2) is 10.3. The lowest BCUT2D eigenvalue weighted by molar-refractivity contribution is 0.130. The summed E-state index contributed by atoms with van der Waals surface area (Å²) in [6.45, 7) is 2.60. The Morgan fingerprint density at radius 2 is 1.70 bits per heavy atom. The van der Waals surface area contributed by atoms with Gasteiger partial charge >= 0.3 is 0 Å². The zero-order valence-corrected chi connectivity index (χ0v) is 14.3. The molecular formula is C19H26ClNO2. The van der Waals surface area contributed by atoms with Gasteiger partial charge in [0, 0.05) is 5.56 Å². The maximum Gasteiger partial charge on any atom is 0.124 e. The molecule has 0 amide bonds. The van der Waals surface area contributed by atoms with Crippen molar-refractivity contribution in [3.63, 3.8) is 0 Å². The molecule has 0 radical (unpaired) electrons. The minimum Gasteiger partial charge on any atom is -0.489 e. The molecule has 0 aromatic heterocycles. The van der Waals surface area contributed by atoms with Gasteiger partial charge in [0.25, 0.3) is 0 Å². The fourth-order valence-electron chi connectivity index (χ4n) is 2.42. The van der Waals surface area contributed by atoms with E-state index >= 15 is 0 Å². The van der Waals surface area contributed by atoms with Crippen molar-refractivity contribution >= 4 is 12.4 Å². The van der Waals surface area contributed by atoms with Crippen molar-refractivity contribution < 1.29 is 9.84 Å². The standard InChI is InChI=1S/C19H25NO2.ClH/c1-2-3-12-17(21)19(20)16-11-7-8-13-18(16)22-14-15-9-5-4-6-10-15;/h4-11,13,17,19,21H,2-3,12,14,20H2,1H3;1H/t17-,19+;/m0./s1. The van der Waals surface area contributed by atoms with Crippen LogP contribution in [0.2, 0.25) is 0 Å². The highest BCUT2D eigenvalue weighted by Gasteiger charge is 2.19. The molecule has 2 aromatic rings. The van der Waals surface area contributed by atoms with E-state index in [2.05, 4.69) is 6.92 Å². The number of unbranched alkanes of at least 4 members (excludes halogenated alkanes) is 1. The fraction of sp³-hybridized carbons (Fsp3) is 0.368. The first kappa shape index (κ1) is 19.5. The van der Waals surface area contributed by atoms with E-state index in [1.54, 1.807) is 0 Å². The van der Waals surface area contributed by atoms with E-state index in [9.17, 15) is 5.11 Å². The Morgan fingerprint density at radius 1 is 1.04 bits per heavy atom. The predicted molar refractivity (Wildman–Crippen MR) is 96.9 cm³/mol. The second-order valence-electron chi connectivity index (χ2n) is 5.55. The van der Waals surface area contributed by atoms with Gasteiger partial charge in [-0.2, -0.15) is 0 Å². The number of halogens is 1. The number of nitrogens with two attached hydrogens (primary N) is 1. The third-order valence-electron chi connectivity index (χ3n) is 3.78. The molecule has 0 aliphatic rings. The van der Waals surface area contributed by atoms with Crippen molar-refractivity contribution in [1.29, 1.82) is 0 Å². The summed E-state index contributed by atoms with van der Waals surface area (Å²) in [5.74, 6) is 0.745. The number of benzene rings is 2. The van der Waals surface area contributed by atoms with Gasteiger partial charge in [0.05, 0.1) is 12.1 Å². The average Bonchev–Trinajstić information content (AvgIpc) is 2.58. The molecule has 0 fully saturated rings. The molecule has 4 heteroatoms. The first-order valence-electron chi connectivity index (χ1n) is 7.91. The Labute approximate surface area is 144 Å². The third kappa shape index (κ3) is 5.87. The van der Waals surface area contributed by atoms with Gasteiger partial charge in [-0.25, -0.2) is 0 Å². The van der Waals surface area contributed by atoms with Crippen molar-refractivity contribution in [3.8, 4) is 5.75 Å². The number of hydrogen-bond donors (Lipinski definition) is 2. The van der Waals surface area contributed by atoms with Gasteiger partial charge in [-0.15, -0.1) is 12.4 Å². The van der Waals surface area contributed by atoms with Gasteiger partial charge in [-0.1, -0.05) is 68.3 Å². The molecule has 0 aliphatic carbocycles. The number of para-hydroxylation sites is 1. The third-order valence-corrected chi connectivity index (χ3v) is 3.78. The maximum absolute atomic E-state index is 10.2. The van der Waals surface area contributed by atoms with Crippen LogP contribution < -0.4 is 10.5 Å². The van der Waals surface area contributed by atoms with Crippen LogP contribution in [-0.2, 0) is 6.61 Å². The van der Waals surface area contributed by atoms with Gasteiger partial charge in [0.2, 0.25) is 0 Å². The van der Waals surface area contributed by atoms with Crippen molar-refractivity contribution in [2.45, 2.75) is 44.9 Å². The Hall–Kier alpha value is -1.55. The highest BCUT2D eigenvalue weighted by Crippen LogP contribution is 2.28. The van der Waals surface area contributed by atoms with E-state index in [1.807, 2.05) is 54.6 Å². The summed E-state index contributed by atoms with van der Waals surface area (Å²) < 4.78 is 5.91. The molecule has 126 valence electrons. The number of aliphatic hydroxyl groups excluding tert-OH is 1. The lowest BCUT2D eigenvalue weighted by Crippen LogP contribution is -2.26. The topological polar surface area (TPSA) is 55.5 Å². The molecular weight excluding hydrogens is 310 g/mol. The molecule has 0 bridgehead atoms. The van der Waals surface area contributed by atoms with Crippen LogP contribution >= 0.6 is 12.4 Å². The number of hydrogen-bond acceptors (Lipinski definition) is 3. The minimum atomic E-state index is -0.540. The zero-order chi connectivity index (χ0) is 15.8. The van der Waals surface area contributed by atoms with Gasteiger partial charge in [0.15, 0.2) is 0 Å². The minimum absolute atomic E-state index is 0. The summed E-state index contributed by atoms with van der Waals surface area (Å²) in [5, 5.41) is 10.2. The first-order valence-corrected chi connectivity index (χ1v) is 7.91. The SMILES string of the molecule is CCCC[C@H](O)[C@H](N)c1ccccc1OCc1ccccc1.Cl. The predicted octanol–water partition coefficient (Wildman–Crippen LogP) is 4.24. The molecule has 2 aromatic carbocycles. The molecule has 0 heterocycles.